The summed E-state index contributed by atoms with van der Waals surface area (Å²) in [6.45, 7) is 0. The van der Waals surface area contributed by atoms with E-state index in [4.69, 9.17) is 5.73 Å². The molecule has 0 aliphatic rings. The molecule has 0 atom stereocenters. The number of nitrogen functional groups attached to an aromatic ring is 1. The lowest BCUT2D eigenvalue weighted by Crippen LogP contribution is -1.92. The molecule has 0 radical (unpaired) electrons. The molecule has 3 aromatic rings. The fourth-order valence-electron chi connectivity index (χ4n) is 1.93. The summed E-state index contributed by atoms with van der Waals surface area (Å²) in [5, 5.41) is 7.23. The standard InChI is InChI=1S/C15H13BrN4/c16-12-5-3-11(4-6-12)15-18-14(19-20-15)9-10-1-7-13(17)8-2-10/h1-8H,9,17H2,(H,18,19,20). The second kappa shape index (κ2) is 5.46. The minimum Gasteiger partial charge on any atom is -0.399 e. The van der Waals surface area contributed by atoms with Crippen molar-refractivity contribution in [2.45, 2.75) is 6.42 Å². The van der Waals surface area contributed by atoms with Crippen molar-refractivity contribution >= 4 is 21.6 Å². The number of aromatic amines is 1. The van der Waals surface area contributed by atoms with Gasteiger partial charge in [-0.25, -0.2) is 4.98 Å². The van der Waals surface area contributed by atoms with Crippen LogP contribution in [0.3, 0.4) is 0 Å². The summed E-state index contributed by atoms with van der Waals surface area (Å²) in [4.78, 5) is 4.51. The van der Waals surface area contributed by atoms with Gasteiger partial charge in [0.05, 0.1) is 0 Å². The van der Waals surface area contributed by atoms with Gasteiger partial charge in [-0.2, -0.15) is 5.10 Å². The fourth-order valence-corrected chi connectivity index (χ4v) is 2.20. The highest BCUT2D eigenvalue weighted by atomic mass is 79.9. The van der Waals surface area contributed by atoms with Gasteiger partial charge in [-0.3, -0.25) is 5.10 Å². The summed E-state index contributed by atoms with van der Waals surface area (Å²) in [5.41, 5.74) is 8.58. The Bertz CT molecular complexity index is 701. The molecule has 0 saturated carbocycles. The predicted molar refractivity (Wildman–Crippen MR) is 83.2 cm³/mol. The summed E-state index contributed by atoms with van der Waals surface area (Å²) in [5.74, 6) is 1.55. The minimum absolute atomic E-state index is 0.711. The SMILES string of the molecule is Nc1ccc(Cc2nc(-c3ccc(Br)cc3)n[nH]2)cc1. The molecule has 3 N–H and O–H groups in total. The monoisotopic (exact) mass is 328 g/mol. The van der Waals surface area contributed by atoms with E-state index >= 15 is 0 Å². The van der Waals surface area contributed by atoms with Crippen molar-refractivity contribution < 1.29 is 0 Å². The molecule has 0 spiro atoms. The first-order valence-electron chi connectivity index (χ1n) is 6.22. The highest BCUT2D eigenvalue weighted by Gasteiger charge is 2.06. The molecule has 0 bridgehead atoms. The Morgan fingerprint density at radius 3 is 2.40 bits per heavy atom. The first-order valence-corrected chi connectivity index (χ1v) is 7.01. The van der Waals surface area contributed by atoms with Gasteiger partial charge >= 0.3 is 0 Å². The smallest absolute Gasteiger partial charge is 0.181 e. The van der Waals surface area contributed by atoms with Crippen molar-refractivity contribution in [3.63, 3.8) is 0 Å². The maximum atomic E-state index is 5.67. The fraction of sp³-hybridized carbons (Fsp3) is 0.0667. The third-order valence-corrected chi connectivity index (χ3v) is 3.51. The van der Waals surface area contributed by atoms with E-state index in [0.717, 1.165) is 27.1 Å². The van der Waals surface area contributed by atoms with Crippen LogP contribution in [0.2, 0.25) is 0 Å². The summed E-state index contributed by atoms with van der Waals surface area (Å²) in [6, 6.07) is 15.7. The lowest BCUT2D eigenvalue weighted by molar-refractivity contribution is 0.973. The van der Waals surface area contributed by atoms with Gasteiger partial charge in [0.1, 0.15) is 5.82 Å². The van der Waals surface area contributed by atoms with Crippen LogP contribution >= 0.6 is 15.9 Å². The molecule has 2 aromatic carbocycles. The number of hydrogen-bond acceptors (Lipinski definition) is 3. The third-order valence-electron chi connectivity index (χ3n) is 2.99. The van der Waals surface area contributed by atoms with Gasteiger partial charge in [0.25, 0.3) is 0 Å². The molecule has 100 valence electrons. The number of rotatable bonds is 3. The van der Waals surface area contributed by atoms with Crippen molar-refractivity contribution in [1.82, 2.24) is 15.2 Å². The van der Waals surface area contributed by atoms with Crippen molar-refractivity contribution in [2.75, 3.05) is 5.73 Å². The lowest BCUT2D eigenvalue weighted by atomic mass is 10.1. The van der Waals surface area contributed by atoms with E-state index in [2.05, 4.69) is 31.1 Å². The molecule has 3 rings (SSSR count). The van der Waals surface area contributed by atoms with Crippen LogP contribution in [0.4, 0.5) is 5.69 Å². The van der Waals surface area contributed by atoms with Gasteiger partial charge in [0.2, 0.25) is 0 Å². The number of nitrogens with two attached hydrogens (primary N) is 1. The number of nitrogens with one attached hydrogen (secondary N) is 1. The quantitative estimate of drug-likeness (QED) is 0.724. The number of nitrogens with zero attached hydrogens (tertiary/aromatic N) is 2. The normalized spacial score (nSPS) is 10.7. The summed E-state index contributed by atoms with van der Waals surface area (Å²) < 4.78 is 1.04. The zero-order valence-electron chi connectivity index (χ0n) is 10.7. The second-order valence-corrected chi connectivity index (χ2v) is 5.45. The van der Waals surface area contributed by atoms with Crippen LogP contribution in [0.5, 0.6) is 0 Å². The molecule has 0 fully saturated rings. The van der Waals surface area contributed by atoms with E-state index in [9.17, 15) is 0 Å². The predicted octanol–water partition coefficient (Wildman–Crippen LogP) is 3.41. The van der Waals surface area contributed by atoms with Crippen LogP contribution in [0, 0.1) is 0 Å². The Kier molecular flexibility index (Phi) is 3.52. The van der Waals surface area contributed by atoms with Crippen molar-refractivity contribution in [2.24, 2.45) is 0 Å². The van der Waals surface area contributed by atoms with Gasteiger partial charge in [0.15, 0.2) is 5.82 Å². The van der Waals surface area contributed by atoms with E-state index in [-0.39, 0.29) is 0 Å². The topological polar surface area (TPSA) is 67.6 Å². The van der Waals surface area contributed by atoms with Crippen LogP contribution in [-0.4, -0.2) is 15.2 Å². The van der Waals surface area contributed by atoms with E-state index < -0.39 is 0 Å². The van der Waals surface area contributed by atoms with Gasteiger partial charge in [-0.15, -0.1) is 0 Å². The van der Waals surface area contributed by atoms with Crippen LogP contribution in [0.1, 0.15) is 11.4 Å². The summed E-state index contributed by atoms with van der Waals surface area (Å²) in [7, 11) is 0. The Hall–Kier alpha value is -2.14. The molecule has 1 aromatic heterocycles. The lowest BCUT2D eigenvalue weighted by Gasteiger charge is -1.98. The Balaban J connectivity index is 1.80. The average molecular weight is 329 g/mol. The minimum atomic E-state index is 0.711. The largest absolute Gasteiger partial charge is 0.399 e. The molecular formula is C15H13BrN4. The van der Waals surface area contributed by atoms with Crippen LogP contribution in [-0.2, 0) is 6.42 Å². The van der Waals surface area contributed by atoms with Gasteiger partial charge in [-0.05, 0) is 29.8 Å². The Morgan fingerprint density at radius 2 is 1.70 bits per heavy atom. The number of anilines is 1. The Morgan fingerprint density at radius 1 is 1.00 bits per heavy atom. The first kappa shape index (κ1) is 12.9. The van der Waals surface area contributed by atoms with E-state index in [1.807, 2.05) is 48.5 Å². The Labute approximate surface area is 125 Å². The number of hydrogen-bond donors (Lipinski definition) is 2. The van der Waals surface area contributed by atoms with E-state index in [1.54, 1.807) is 0 Å². The van der Waals surface area contributed by atoms with Crippen molar-refractivity contribution in [3.05, 3.63) is 64.4 Å². The average Bonchev–Trinajstić information content (AvgIpc) is 2.91. The first-order chi connectivity index (χ1) is 9.70. The number of H-pyrrole nitrogens is 1. The maximum Gasteiger partial charge on any atom is 0.181 e. The van der Waals surface area contributed by atoms with Crippen LogP contribution < -0.4 is 5.73 Å². The number of halogens is 1. The van der Waals surface area contributed by atoms with E-state index in [0.29, 0.717) is 12.2 Å². The molecule has 0 aliphatic heterocycles. The van der Waals surface area contributed by atoms with Gasteiger partial charge in [-0.1, -0.05) is 40.2 Å². The molecule has 0 aliphatic carbocycles. The molecule has 20 heavy (non-hydrogen) atoms. The summed E-state index contributed by atoms with van der Waals surface area (Å²) in [6.07, 6.45) is 0.712. The second-order valence-electron chi connectivity index (χ2n) is 4.53. The molecule has 0 saturated heterocycles. The molecule has 0 unspecified atom stereocenters. The highest BCUT2D eigenvalue weighted by molar-refractivity contribution is 9.10. The summed E-state index contributed by atoms with van der Waals surface area (Å²) >= 11 is 3.41. The molecular weight excluding hydrogens is 316 g/mol. The van der Waals surface area contributed by atoms with Gasteiger partial charge in [0, 0.05) is 22.1 Å². The molecule has 1 heterocycles. The highest BCUT2D eigenvalue weighted by Crippen LogP contribution is 2.19. The zero-order chi connectivity index (χ0) is 13.9. The molecule has 5 heteroatoms. The number of aromatic nitrogens is 3. The van der Waals surface area contributed by atoms with E-state index in [1.165, 1.54) is 0 Å². The maximum absolute atomic E-state index is 5.67. The van der Waals surface area contributed by atoms with Crippen molar-refractivity contribution in [1.29, 1.82) is 0 Å². The van der Waals surface area contributed by atoms with Crippen molar-refractivity contribution in [3.8, 4) is 11.4 Å². The number of benzene rings is 2. The van der Waals surface area contributed by atoms with Gasteiger partial charge < -0.3 is 5.73 Å². The molecule has 4 nitrogen and oxygen atoms in total. The third kappa shape index (κ3) is 2.88. The molecule has 0 amide bonds. The van der Waals surface area contributed by atoms with Crippen LogP contribution in [0.25, 0.3) is 11.4 Å². The van der Waals surface area contributed by atoms with Crippen LogP contribution in [0.15, 0.2) is 53.0 Å². The zero-order valence-corrected chi connectivity index (χ0v) is 12.3.